The highest BCUT2D eigenvalue weighted by atomic mass is 16.5. The molecule has 0 saturated carbocycles. The zero-order valence-corrected chi connectivity index (χ0v) is 14.2. The molecule has 1 N–H and O–H groups in total. The molecule has 0 aliphatic carbocycles. The fourth-order valence-electron chi connectivity index (χ4n) is 2.89. The Hall–Kier alpha value is -2.37. The molecule has 1 saturated heterocycles. The van der Waals surface area contributed by atoms with Gasteiger partial charge in [-0.1, -0.05) is 49.3 Å². The van der Waals surface area contributed by atoms with Crippen molar-refractivity contribution in [1.29, 1.82) is 0 Å². The van der Waals surface area contributed by atoms with Crippen LogP contribution in [0.3, 0.4) is 0 Å². The molecule has 1 aliphatic rings. The van der Waals surface area contributed by atoms with Gasteiger partial charge < -0.3 is 14.7 Å². The molecular weight excluding hydrogens is 304 g/mol. The minimum absolute atomic E-state index is 0.118. The lowest BCUT2D eigenvalue weighted by Gasteiger charge is -2.16. The molecule has 128 valence electrons. The van der Waals surface area contributed by atoms with Crippen LogP contribution in [0.25, 0.3) is 0 Å². The lowest BCUT2D eigenvalue weighted by Crippen LogP contribution is -2.34. The highest BCUT2D eigenvalue weighted by Gasteiger charge is 2.32. The van der Waals surface area contributed by atoms with Crippen molar-refractivity contribution in [2.45, 2.75) is 45.1 Å². The van der Waals surface area contributed by atoms with E-state index in [0.717, 1.165) is 32.4 Å². The number of aryl methyl sites for hydroxylation is 1. The molecule has 1 unspecified atom stereocenters. The Bertz CT molecular complexity index is 669. The van der Waals surface area contributed by atoms with Crippen molar-refractivity contribution in [3.8, 4) is 0 Å². The summed E-state index contributed by atoms with van der Waals surface area (Å²) in [4.78, 5) is 18.7. The van der Waals surface area contributed by atoms with Crippen LogP contribution in [0.1, 0.15) is 44.0 Å². The van der Waals surface area contributed by atoms with E-state index in [9.17, 15) is 4.79 Å². The molecule has 0 spiro atoms. The molecule has 0 bridgehead atoms. The van der Waals surface area contributed by atoms with Crippen molar-refractivity contribution in [3.63, 3.8) is 0 Å². The zero-order valence-electron chi connectivity index (χ0n) is 14.2. The van der Waals surface area contributed by atoms with E-state index in [2.05, 4.69) is 27.6 Å². The molecule has 1 fully saturated rings. The van der Waals surface area contributed by atoms with E-state index in [-0.39, 0.29) is 17.9 Å². The summed E-state index contributed by atoms with van der Waals surface area (Å²) < 4.78 is 5.17. The van der Waals surface area contributed by atoms with Gasteiger partial charge in [-0.15, -0.1) is 0 Å². The first kappa shape index (κ1) is 16.5. The average molecular weight is 328 g/mol. The Kier molecular flexibility index (Phi) is 5.13. The first-order chi connectivity index (χ1) is 11.6. The van der Waals surface area contributed by atoms with Gasteiger partial charge in [0.25, 0.3) is 0 Å². The van der Waals surface area contributed by atoms with Gasteiger partial charge in [-0.25, -0.2) is 0 Å². The summed E-state index contributed by atoms with van der Waals surface area (Å²) in [5, 5.41) is 6.98. The van der Waals surface area contributed by atoms with Crippen LogP contribution in [0.4, 0.5) is 6.01 Å². The van der Waals surface area contributed by atoms with Crippen LogP contribution in [0.5, 0.6) is 0 Å². The fraction of sp³-hybridized carbons (Fsp3) is 0.500. The molecule has 24 heavy (non-hydrogen) atoms. The molecule has 1 atom stereocenters. The summed E-state index contributed by atoms with van der Waals surface area (Å²) in [5.74, 6) is 0.980. The SMILES string of the molecule is CC(C)c1noc(NC2CCN(CCCc3ccccc3)C2=O)n1. The van der Waals surface area contributed by atoms with Crippen LogP contribution >= 0.6 is 0 Å². The number of rotatable bonds is 7. The lowest BCUT2D eigenvalue weighted by molar-refractivity contribution is -0.128. The maximum Gasteiger partial charge on any atom is 0.322 e. The van der Waals surface area contributed by atoms with E-state index in [1.807, 2.05) is 36.9 Å². The van der Waals surface area contributed by atoms with Gasteiger partial charge in [0, 0.05) is 19.0 Å². The average Bonchev–Trinajstić information content (AvgIpc) is 3.18. The first-order valence-electron chi connectivity index (χ1n) is 8.56. The van der Waals surface area contributed by atoms with Gasteiger partial charge in [0.1, 0.15) is 6.04 Å². The van der Waals surface area contributed by atoms with E-state index in [1.54, 1.807) is 0 Å². The number of anilines is 1. The monoisotopic (exact) mass is 328 g/mol. The van der Waals surface area contributed by atoms with E-state index >= 15 is 0 Å². The smallest absolute Gasteiger partial charge is 0.322 e. The largest absolute Gasteiger partial charge is 0.341 e. The number of amides is 1. The third kappa shape index (κ3) is 3.93. The third-order valence-electron chi connectivity index (χ3n) is 4.29. The molecule has 1 aromatic carbocycles. The van der Waals surface area contributed by atoms with Gasteiger partial charge in [0.05, 0.1) is 0 Å². The molecule has 6 heteroatoms. The molecule has 1 amide bonds. The maximum atomic E-state index is 12.5. The summed E-state index contributed by atoms with van der Waals surface area (Å²) in [6.07, 6.45) is 2.73. The van der Waals surface area contributed by atoms with Gasteiger partial charge in [0.15, 0.2) is 5.82 Å². The Morgan fingerprint density at radius 1 is 1.33 bits per heavy atom. The van der Waals surface area contributed by atoms with Gasteiger partial charge >= 0.3 is 6.01 Å². The van der Waals surface area contributed by atoms with Gasteiger partial charge in [-0.2, -0.15) is 4.98 Å². The van der Waals surface area contributed by atoms with Gasteiger partial charge in [-0.05, 0) is 24.8 Å². The highest BCUT2D eigenvalue weighted by Crippen LogP contribution is 2.18. The summed E-state index contributed by atoms with van der Waals surface area (Å²) in [7, 11) is 0. The number of aromatic nitrogens is 2. The number of nitrogens with one attached hydrogen (secondary N) is 1. The Balaban J connectivity index is 1.47. The maximum absolute atomic E-state index is 12.5. The molecule has 1 aliphatic heterocycles. The number of likely N-dealkylation sites (tertiary alicyclic amines) is 1. The highest BCUT2D eigenvalue weighted by molar-refractivity contribution is 5.86. The Morgan fingerprint density at radius 3 is 2.83 bits per heavy atom. The lowest BCUT2D eigenvalue weighted by atomic mass is 10.1. The number of carbonyl (C=O) groups excluding carboxylic acids is 1. The molecule has 1 aromatic heterocycles. The normalized spacial score (nSPS) is 17.7. The first-order valence-corrected chi connectivity index (χ1v) is 8.56. The second kappa shape index (κ2) is 7.47. The Labute approximate surface area is 142 Å². The van der Waals surface area contributed by atoms with Crippen molar-refractivity contribution >= 4 is 11.9 Å². The quantitative estimate of drug-likeness (QED) is 0.846. The summed E-state index contributed by atoms with van der Waals surface area (Å²) in [6, 6.07) is 10.4. The second-order valence-corrected chi connectivity index (χ2v) is 6.51. The minimum atomic E-state index is -0.262. The molecule has 0 radical (unpaired) electrons. The molecular formula is C18H24N4O2. The van der Waals surface area contributed by atoms with Crippen molar-refractivity contribution in [1.82, 2.24) is 15.0 Å². The summed E-state index contributed by atoms with van der Waals surface area (Å²) in [6.45, 7) is 5.57. The molecule has 2 heterocycles. The standard InChI is InChI=1S/C18H24N4O2/c1-13(2)16-20-18(24-21-16)19-15-10-12-22(17(15)23)11-6-9-14-7-4-3-5-8-14/h3-5,7-8,13,15H,6,9-12H2,1-2H3,(H,19,20,21). The van der Waals surface area contributed by atoms with Crippen LogP contribution in [-0.2, 0) is 11.2 Å². The second-order valence-electron chi connectivity index (χ2n) is 6.51. The van der Waals surface area contributed by atoms with E-state index in [4.69, 9.17) is 4.52 Å². The number of hydrogen-bond donors (Lipinski definition) is 1. The van der Waals surface area contributed by atoms with Crippen molar-refractivity contribution in [2.24, 2.45) is 0 Å². The van der Waals surface area contributed by atoms with E-state index in [1.165, 1.54) is 5.56 Å². The van der Waals surface area contributed by atoms with Crippen LogP contribution in [0.2, 0.25) is 0 Å². The van der Waals surface area contributed by atoms with Gasteiger partial charge in [0.2, 0.25) is 5.91 Å². The number of hydrogen-bond acceptors (Lipinski definition) is 5. The predicted molar refractivity (Wildman–Crippen MR) is 91.8 cm³/mol. The van der Waals surface area contributed by atoms with Crippen LogP contribution in [0, 0.1) is 0 Å². The number of carbonyl (C=O) groups is 1. The van der Waals surface area contributed by atoms with Gasteiger partial charge in [-0.3, -0.25) is 4.79 Å². The number of benzene rings is 1. The number of nitrogens with zero attached hydrogens (tertiary/aromatic N) is 3. The minimum Gasteiger partial charge on any atom is -0.341 e. The van der Waals surface area contributed by atoms with E-state index < -0.39 is 0 Å². The van der Waals surface area contributed by atoms with Crippen LogP contribution < -0.4 is 5.32 Å². The molecule has 6 nitrogen and oxygen atoms in total. The summed E-state index contributed by atoms with van der Waals surface area (Å²) in [5.41, 5.74) is 1.31. The third-order valence-corrected chi connectivity index (χ3v) is 4.29. The molecule has 2 aromatic rings. The van der Waals surface area contributed by atoms with E-state index in [0.29, 0.717) is 11.8 Å². The van der Waals surface area contributed by atoms with Crippen LogP contribution in [-0.4, -0.2) is 40.1 Å². The molecule has 3 rings (SSSR count). The Morgan fingerprint density at radius 2 is 2.12 bits per heavy atom. The topological polar surface area (TPSA) is 71.3 Å². The fourth-order valence-corrected chi connectivity index (χ4v) is 2.89. The van der Waals surface area contributed by atoms with Crippen molar-refractivity contribution in [3.05, 3.63) is 41.7 Å². The van der Waals surface area contributed by atoms with Crippen molar-refractivity contribution in [2.75, 3.05) is 18.4 Å². The van der Waals surface area contributed by atoms with Crippen LogP contribution in [0.15, 0.2) is 34.9 Å². The van der Waals surface area contributed by atoms with Crippen molar-refractivity contribution < 1.29 is 9.32 Å². The summed E-state index contributed by atoms with van der Waals surface area (Å²) >= 11 is 0. The predicted octanol–water partition coefficient (Wildman–Crippen LogP) is 2.84. The zero-order chi connectivity index (χ0) is 16.9.